The summed E-state index contributed by atoms with van der Waals surface area (Å²) in [5, 5.41) is 8.97. The number of benzene rings is 1. The van der Waals surface area contributed by atoms with E-state index in [1.54, 1.807) is 13.8 Å². The predicted molar refractivity (Wildman–Crippen MR) is 54.0 cm³/mol. The average molecular weight is 226 g/mol. The van der Waals surface area contributed by atoms with Gasteiger partial charge in [0.05, 0.1) is 5.92 Å². The Morgan fingerprint density at radius 3 is 2.44 bits per heavy atom. The highest BCUT2D eigenvalue weighted by Gasteiger charge is 2.63. The van der Waals surface area contributed by atoms with Gasteiger partial charge in [-0.1, -0.05) is 19.9 Å². The van der Waals surface area contributed by atoms with Crippen molar-refractivity contribution in [3.8, 4) is 0 Å². The Kier molecular flexibility index (Phi) is 2.26. The fraction of sp³-hybridized carbons (Fsp3) is 0.417. The van der Waals surface area contributed by atoms with Crippen LogP contribution in [0.1, 0.15) is 25.3 Å². The summed E-state index contributed by atoms with van der Waals surface area (Å²) in [7, 11) is 0. The molecule has 2 rings (SSSR count). The summed E-state index contributed by atoms with van der Waals surface area (Å²) < 4.78 is 26.2. The van der Waals surface area contributed by atoms with Gasteiger partial charge >= 0.3 is 5.97 Å². The molecular weight excluding hydrogens is 214 g/mol. The van der Waals surface area contributed by atoms with Crippen LogP contribution in [-0.2, 0) is 4.79 Å². The number of hydrogen-bond donors (Lipinski definition) is 1. The lowest BCUT2D eigenvalue weighted by molar-refractivity contribution is -0.139. The van der Waals surface area contributed by atoms with Crippen LogP contribution in [0, 0.1) is 23.0 Å². The Hall–Kier alpha value is -1.45. The van der Waals surface area contributed by atoms with Gasteiger partial charge in [0, 0.05) is 12.0 Å². The summed E-state index contributed by atoms with van der Waals surface area (Å²) in [4.78, 5) is 10.9. The molecule has 4 heteroatoms. The molecule has 1 aromatic carbocycles. The molecule has 0 bridgehead atoms. The van der Waals surface area contributed by atoms with E-state index < -0.39 is 28.9 Å². The normalized spacial score (nSPS) is 26.5. The van der Waals surface area contributed by atoms with Crippen molar-refractivity contribution in [2.75, 3.05) is 0 Å². The van der Waals surface area contributed by atoms with E-state index >= 15 is 0 Å². The van der Waals surface area contributed by atoms with Crippen LogP contribution in [0.4, 0.5) is 8.78 Å². The van der Waals surface area contributed by atoms with E-state index in [0.29, 0.717) is 5.56 Å². The number of rotatable bonds is 2. The molecule has 0 amide bonds. The van der Waals surface area contributed by atoms with Crippen LogP contribution in [0.15, 0.2) is 18.2 Å². The van der Waals surface area contributed by atoms with Gasteiger partial charge in [0.15, 0.2) is 0 Å². The minimum atomic E-state index is -0.932. The van der Waals surface area contributed by atoms with Gasteiger partial charge in [0.1, 0.15) is 11.6 Å². The second kappa shape index (κ2) is 3.27. The molecule has 0 aromatic heterocycles. The molecule has 1 fully saturated rings. The Balaban J connectivity index is 2.37. The van der Waals surface area contributed by atoms with E-state index in [4.69, 9.17) is 5.11 Å². The van der Waals surface area contributed by atoms with Crippen LogP contribution >= 0.6 is 0 Å². The first-order valence-electron chi connectivity index (χ1n) is 5.03. The number of aliphatic carboxylic acids is 1. The first-order valence-corrected chi connectivity index (χ1v) is 5.03. The molecule has 2 atom stereocenters. The number of hydrogen-bond acceptors (Lipinski definition) is 1. The predicted octanol–water partition coefficient (Wildman–Crippen LogP) is 2.79. The summed E-state index contributed by atoms with van der Waals surface area (Å²) in [5.41, 5.74) is -0.177. The minimum absolute atomic E-state index is 0.291. The monoisotopic (exact) mass is 226 g/mol. The second-order valence-corrected chi connectivity index (χ2v) is 4.78. The maximum atomic E-state index is 13.5. The molecule has 1 N–H and O–H groups in total. The van der Waals surface area contributed by atoms with Crippen molar-refractivity contribution in [1.82, 2.24) is 0 Å². The molecule has 2 unspecified atom stereocenters. The second-order valence-electron chi connectivity index (χ2n) is 4.78. The van der Waals surface area contributed by atoms with Crippen molar-refractivity contribution < 1.29 is 18.7 Å². The third-order valence-electron chi connectivity index (χ3n) is 3.39. The lowest BCUT2D eigenvalue weighted by Crippen LogP contribution is -2.03. The van der Waals surface area contributed by atoms with Crippen molar-refractivity contribution >= 4 is 5.97 Å². The van der Waals surface area contributed by atoms with E-state index in [2.05, 4.69) is 0 Å². The topological polar surface area (TPSA) is 37.3 Å². The zero-order valence-corrected chi connectivity index (χ0v) is 9.00. The maximum Gasteiger partial charge on any atom is 0.307 e. The van der Waals surface area contributed by atoms with Crippen molar-refractivity contribution in [1.29, 1.82) is 0 Å². The molecule has 2 nitrogen and oxygen atoms in total. The van der Waals surface area contributed by atoms with Gasteiger partial charge in [-0.15, -0.1) is 0 Å². The summed E-state index contributed by atoms with van der Waals surface area (Å²) in [6, 6.07) is 3.29. The molecule has 0 saturated heterocycles. The fourth-order valence-electron chi connectivity index (χ4n) is 2.43. The number of halogens is 2. The maximum absolute atomic E-state index is 13.5. The molecule has 1 aliphatic carbocycles. The summed E-state index contributed by atoms with van der Waals surface area (Å²) in [6.07, 6.45) is 0. The minimum Gasteiger partial charge on any atom is -0.481 e. The zero-order chi connectivity index (χ0) is 12.1. The van der Waals surface area contributed by atoms with Crippen LogP contribution in [0.2, 0.25) is 0 Å². The molecule has 16 heavy (non-hydrogen) atoms. The largest absolute Gasteiger partial charge is 0.481 e. The Bertz CT molecular complexity index is 454. The van der Waals surface area contributed by atoms with Crippen LogP contribution in [0.5, 0.6) is 0 Å². The summed E-state index contributed by atoms with van der Waals surface area (Å²) in [6.45, 7) is 3.55. The van der Waals surface area contributed by atoms with E-state index in [1.807, 2.05) is 0 Å². The van der Waals surface area contributed by atoms with E-state index in [0.717, 1.165) is 12.1 Å². The third-order valence-corrected chi connectivity index (χ3v) is 3.39. The van der Waals surface area contributed by atoms with Crippen molar-refractivity contribution in [2.24, 2.45) is 11.3 Å². The van der Waals surface area contributed by atoms with Gasteiger partial charge in [-0.3, -0.25) is 4.79 Å². The van der Waals surface area contributed by atoms with Gasteiger partial charge in [-0.2, -0.15) is 0 Å². The van der Waals surface area contributed by atoms with Crippen LogP contribution in [0.3, 0.4) is 0 Å². The Labute approximate surface area is 91.9 Å². The van der Waals surface area contributed by atoms with Gasteiger partial charge in [-0.25, -0.2) is 8.78 Å². The molecule has 0 heterocycles. The number of carbonyl (C=O) groups is 1. The number of carboxylic acids is 1. The molecule has 86 valence electrons. The van der Waals surface area contributed by atoms with Crippen molar-refractivity contribution in [3.05, 3.63) is 35.4 Å². The molecule has 0 radical (unpaired) electrons. The average Bonchev–Trinajstić information content (AvgIpc) is 2.69. The quantitative estimate of drug-likeness (QED) is 0.841. The standard InChI is InChI=1S/C12H12F2O2/c1-12(2)9(10(12)11(15)16)7-4-3-6(13)5-8(7)14/h3-5,9-10H,1-2H3,(H,15,16). The lowest BCUT2D eigenvalue weighted by Gasteiger charge is -2.04. The Morgan fingerprint density at radius 2 is 2.00 bits per heavy atom. The molecule has 1 saturated carbocycles. The van der Waals surface area contributed by atoms with Crippen molar-refractivity contribution in [2.45, 2.75) is 19.8 Å². The highest BCUT2D eigenvalue weighted by molar-refractivity contribution is 5.77. The van der Waals surface area contributed by atoms with Gasteiger partial charge in [0.25, 0.3) is 0 Å². The molecule has 1 aromatic rings. The highest BCUT2D eigenvalue weighted by atomic mass is 19.1. The highest BCUT2D eigenvalue weighted by Crippen LogP contribution is 2.64. The number of carboxylic acid groups (broad SMARTS) is 1. The molecule has 1 aliphatic rings. The lowest BCUT2D eigenvalue weighted by atomic mass is 10.0. The van der Waals surface area contributed by atoms with Crippen LogP contribution in [-0.4, -0.2) is 11.1 Å². The Morgan fingerprint density at radius 1 is 1.38 bits per heavy atom. The first kappa shape index (κ1) is 11.0. The van der Waals surface area contributed by atoms with Crippen LogP contribution in [0.25, 0.3) is 0 Å². The van der Waals surface area contributed by atoms with Gasteiger partial charge in [0.2, 0.25) is 0 Å². The van der Waals surface area contributed by atoms with Gasteiger partial charge in [-0.05, 0) is 17.0 Å². The van der Waals surface area contributed by atoms with E-state index in [-0.39, 0.29) is 5.92 Å². The van der Waals surface area contributed by atoms with Crippen molar-refractivity contribution in [3.63, 3.8) is 0 Å². The zero-order valence-electron chi connectivity index (χ0n) is 9.00. The summed E-state index contributed by atoms with van der Waals surface area (Å²) >= 11 is 0. The SMILES string of the molecule is CC1(C)C(C(=O)O)C1c1ccc(F)cc1F. The van der Waals surface area contributed by atoms with Crippen LogP contribution < -0.4 is 0 Å². The van der Waals surface area contributed by atoms with E-state index in [1.165, 1.54) is 6.07 Å². The van der Waals surface area contributed by atoms with Gasteiger partial charge < -0.3 is 5.11 Å². The molecular formula is C12H12F2O2. The first-order chi connectivity index (χ1) is 7.35. The fourth-order valence-corrected chi connectivity index (χ4v) is 2.43. The third kappa shape index (κ3) is 1.49. The molecule has 0 aliphatic heterocycles. The smallest absolute Gasteiger partial charge is 0.307 e. The summed E-state index contributed by atoms with van der Waals surface area (Å²) in [5.74, 6) is -3.20. The molecule has 0 spiro atoms. The van der Waals surface area contributed by atoms with E-state index in [9.17, 15) is 13.6 Å².